The normalized spacial score (nSPS) is 14.0. The lowest BCUT2D eigenvalue weighted by Gasteiger charge is -2.12. The number of ether oxygens (including phenoxy) is 2. The molecule has 6 heteroatoms. The van der Waals surface area contributed by atoms with E-state index in [1.807, 2.05) is 0 Å². The van der Waals surface area contributed by atoms with Gasteiger partial charge in [0.05, 0.1) is 25.4 Å². The highest BCUT2D eigenvalue weighted by Crippen LogP contribution is 2.12. The second kappa shape index (κ2) is 33.5. The second-order valence-corrected chi connectivity index (χ2v) is 13.7. The molecular formula is C34H70O5S. The summed E-state index contributed by atoms with van der Waals surface area (Å²) in [6, 6.07) is 0. The summed E-state index contributed by atoms with van der Waals surface area (Å²) in [6.45, 7) is 6.74. The van der Waals surface area contributed by atoms with Crippen molar-refractivity contribution in [2.45, 2.75) is 180 Å². The highest BCUT2D eigenvalue weighted by atomic mass is 32.2. The first kappa shape index (κ1) is 40.0. The van der Waals surface area contributed by atoms with Crippen molar-refractivity contribution in [3.8, 4) is 0 Å². The Morgan fingerprint density at radius 2 is 0.775 bits per heavy atom. The molecule has 0 saturated heterocycles. The minimum Gasteiger partial charge on any atom is -0.391 e. The van der Waals surface area contributed by atoms with E-state index in [0.717, 1.165) is 38.9 Å². The summed E-state index contributed by atoms with van der Waals surface area (Å²) >= 11 is 0. The monoisotopic (exact) mass is 590 g/mol. The van der Waals surface area contributed by atoms with E-state index in [0.29, 0.717) is 37.6 Å². The van der Waals surface area contributed by atoms with Crippen LogP contribution in [0.15, 0.2) is 0 Å². The van der Waals surface area contributed by atoms with Gasteiger partial charge < -0.3 is 19.7 Å². The molecule has 0 aliphatic carbocycles. The van der Waals surface area contributed by atoms with E-state index < -0.39 is 23.0 Å². The van der Waals surface area contributed by atoms with Crippen LogP contribution in [0, 0.1) is 0 Å². The Kier molecular flexibility index (Phi) is 33.5. The topological polar surface area (TPSA) is 76.0 Å². The summed E-state index contributed by atoms with van der Waals surface area (Å²) in [5, 5.41) is 20.2. The van der Waals surface area contributed by atoms with Gasteiger partial charge in [-0.25, -0.2) is 0 Å². The third kappa shape index (κ3) is 32.5. The molecule has 2 atom stereocenters. The predicted molar refractivity (Wildman–Crippen MR) is 174 cm³/mol. The lowest BCUT2D eigenvalue weighted by atomic mass is 10.1. The Morgan fingerprint density at radius 1 is 0.475 bits per heavy atom. The van der Waals surface area contributed by atoms with Crippen LogP contribution in [0.2, 0.25) is 0 Å². The average molecular weight is 591 g/mol. The van der Waals surface area contributed by atoms with Crippen LogP contribution in [-0.4, -0.2) is 64.6 Å². The fraction of sp³-hybridized carbons (Fsp3) is 1.00. The van der Waals surface area contributed by atoms with Crippen LogP contribution in [0.5, 0.6) is 0 Å². The summed E-state index contributed by atoms with van der Waals surface area (Å²) in [5.41, 5.74) is 0. The molecule has 5 nitrogen and oxygen atoms in total. The number of rotatable bonds is 34. The van der Waals surface area contributed by atoms with Gasteiger partial charge in [-0.1, -0.05) is 129 Å². The molecule has 0 aromatic rings. The van der Waals surface area contributed by atoms with Crippen molar-refractivity contribution in [2.24, 2.45) is 0 Å². The Labute approximate surface area is 252 Å². The largest absolute Gasteiger partial charge is 0.391 e. The van der Waals surface area contributed by atoms with Gasteiger partial charge in [0.1, 0.15) is 0 Å². The molecule has 0 aliphatic heterocycles. The van der Waals surface area contributed by atoms with Crippen molar-refractivity contribution in [3.05, 3.63) is 0 Å². The maximum atomic E-state index is 12.2. The first-order valence-corrected chi connectivity index (χ1v) is 19.0. The van der Waals surface area contributed by atoms with Crippen molar-refractivity contribution >= 4 is 10.8 Å². The van der Waals surface area contributed by atoms with Gasteiger partial charge in [-0.3, -0.25) is 4.21 Å². The van der Waals surface area contributed by atoms with Gasteiger partial charge in [0, 0.05) is 35.5 Å². The van der Waals surface area contributed by atoms with Gasteiger partial charge in [0.25, 0.3) is 0 Å². The average Bonchev–Trinajstić information content (AvgIpc) is 2.94. The Hall–Kier alpha value is -0.0100. The summed E-state index contributed by atoms with van der Waals surface area (Å²) in [6.07, 6.45) is 28.1. The fourth-order valence-electron chi connectivity index (χ4n) is 5.05. The van der Waals surface area contributed by atoms with E-state index in [1.165, 1.54) is 116 Å². The second-order valence-electron chi connectivity index (χ2n) is 12.0. The van der Waals surface area contributed by atoms with Gasteiger partial charge >= 0.3 is 0 Å². The van der Waals surface area contributed by atoms with E-state index in [2.05, 4.69) is 13.8 Å². The number of hydrogen-bond donors (Lipinski definition) is 2. The SMILES string of the molecule is CCCCCCCCCCCCOCC(O)CCCS(=O)CCCC(O)COCCCCCCCCCCCC. The van der Waals surface area contributed by atoms with Crippen molar-refractivity contribution in [1.29, 1.82) is 0 Å². The van der Waals surface area contributed by atoms with E-state index in [1.54, 1.807) is 0 Å². The van der Waals surface area contributed by atoms with Crippen LogP contribution in [0.1, 0.15) is 168 Å². The standard InChI is InChI=1S/C34H70O5S/c1-3-5-7-9-11-13-15-17-19-21-27-38-31-33(35)25-23-29-40(37)30-24-26-34(36)32-39-28-22-20-18-16-14-12-10-8-6-4-2/h33-36H,3-32H2,1-2H3. The van der Waals surface area contributed by atoms with E-state index in [-0.39, 0.29) is 0 Å². The zero-order valence-electron chi connectivity index (χ0n) is 26.9. The Bertz CT molecular complexity index is 463. The van der Waals surface area contributed by atoms with Crippen molar-refractivity contribution in [3.63, 3.8) is 0 Å². The number of aliphatic hydroxyl groups is 2. The molecule has 0 bridgehead atoms. The molecule has 0 heterocycles. The maximum Gasteiger partial charge on any atom is 0.0774 e. The van der Waals surface area contributed by atoms with Crippen LogP contribution in [-0.2, 0) is 20.3 Å². The van der Waals surface area contributed by atoms with Crippen LogP contribution >= 0.6 is 0 Å². The van der Waals surface area contributed by atoms with Gasteiger partial charge in [0.15, 0.2) is 0 Å². The molecule has 0 fully saturated rings. The molecule has 0 aliphatic rings. The van der Waals surface area contributed by atoms with Crippen molar-refractivity contribution in [1.82, 2.24) is 0 Å². The third-order valence-electron chi connectivity index (χ3n) is 7.72. The van der Waals surface area contributed by atoms with E-state index >= 15 is 0 Å². The lowest BCUT2D eigenvalue weighted by Crippen LogP contribution is -2.18. The molecule has 2 unspecified atom stereocenters. The number of hydrogen-bond acceptors (Lipinski definition) is 5. The summed E-state index contributed by atoms with van der Waals surface area (Å²) in [5.74, 6) is 1.22. The van der Waals surface area contributed by atoms with Gasteiger partial charge in [-0.05, 0) is 38.5 Å². The number of unbranched alkanes of at least 4 members (excludes halogenated alkanes) is 18. The summed E-state index contributed by atoms with van der Waals surface area (Å²) in [4.78, 5) is 0. The summed E-state index contributed by atoms with van der Waals surface area (Å²) in [7, 11) is -0.889. The molecule has 0 amide bonds. The van der Waals surface area contributed by atoms with Gasteiger partial charge in [0.2, 0.25) is 0 Å². The lowest BCUT2D eigenvalue weighted by molar-refractivity contribution is 0.0307. The molecule has 0 radical (unpaired) electrons. The van der Waals surface area contributed by atoms with Gasteiger partial charge in [-0.15, -0.1) is 0 Å². The minimum atomic E-state index is -0.889. The molecule has 0 spiro atoms. The van der Waals surface area contributed by atoms with E-state index in [9.17, 15) is 14.4 Å². The minimum absolute atomic E-state index is 0.384. The molecule has 242 valence electrons. The van der Waals surface area contributed by atoms with Crippen molar-refractivity contribution in [2.75, 3.05) is 37.9 Å². The first-order valence-electron chi connectivity index (χ1n) is 17.5. The molecule has 2 N–H and O–H groups in total. The Balaban J connectivity index is 3.38. The van der Waals surface area contributed by atoms with E-state index in [4.69, 9.17) is 9.47 Å². The molecule has 0 rings (SSSR count). The molecular weight excluding hydrogens is 520 g/mol. The zero-order valence-corrected chi connectivity index (χ0v) is 27.7. The van der Waals surface area contributed by atoms with Crippen LogP contribution in [0.25, 0.3) is 0 Å². The quantitative estimate of drug-likeness (QED) is 0.0732. The van der Waals surface area contributed by atoms with Crippen LogP contribution in [0.4, 0.5) is 0 Å². The predicted octanol–water partition coefficient (Wildman–Crippen LogP) is 8.89. The molecule has 0 aromatic heterocycles. The third-order valence-corrected chi connectivity index (χ3v) is 9.21. The summed E-state index contributed by atoms with van der Waals surface area (Å²) < 4.78 is 23.5. The first-order chi connectivity index (χ1) is 19.6. The van der Waals surface area contributed by atoms with Gasteiger partial charge in [-0.2, -0.15) is 0 Å². The fourth-order valence-corrected chi connectivity index (χ4v) is 6.23. The smallest absolute Gasteiger partial charge is 0.0774 e. The Morgan fingerprint density at radius 3 is 1.10 bits per heavy atom. The van der Waals surface area contributed by atoms with Crippen LogP contribution < -0.4 is 0 Å². The maximum absolute atomic E-state index is 12.2. The van der Waals surface area contributed by atoms with Crippen LogP contribution in [0.3, 0.4) is 0 Å². The van der Waals surface area contributed by atoms with Crippen molar-refractivity contribution < 1.29 is 23.9 Å². The highest BCUT2D eigenvalue weighted by Gasteiger charge is 2.09. The number of aliphatic hydroxyl groups excluding tert-OH is 2. The zero-order chi connectivity index (χ0) is 29.4. The highest BCUT2D eigenvalue weighted by molar-refractivity contribution is 7.84. The molecule has 0 saturated carbocycles. The molecule has 40 heavy (non-hydrogen) atoms. The molecule has 0 aromatic carbocycles.